The summed E-state index contributed by atoms with van der Waals surface area (Å²) in [6.07, 6.45) is 0.101. The summed E-state index contributed by atoms with van der Waals surface area (Å²) in [6, 6.07) is 9.07. The molecule has 19 heavy (non-hydrogen) atoms. The maximum atomic E-state index is 11.5. The third-order valence-electron chi connectivity index (χ3n) is 2.18. The number of hydrazone groups is 1. The smallest absolute Gasteiger partial charge is 0.253 e. The van der Waals surface area contributed by atoms with Crippen molar-refractivity contribution in [3.63, 3.8) is 0 Å². The predicted molar refractivity (Wildman–Crippen MR) is 69.8 cm³/mol. The van der Waals surface area contributed by atoms with Crippen molar-refractivity contribution in [3.05, 3.63) is 30.3 Å². The Morgan fingerprint density at radius 3 is 2.37 bits per heavy atom. The largest absolute Gasteiger partial charge is 0.760 e. The monoisotopic (exact) mass is 282 g/mol. The Morgan fingerprint density at radius 1 is 1.42 bits per heavy atom. The number of amides is 1. The highest BCUT2D eigenvalue weighted by Gasteiger charge is 2.26. The third-order valence-corrected chi connectivity index (χ3v) is 2.18. The second kappa shape index (κ2) is 6.88. The lowest BCUT2D eigenvalue weighted by atomic mass is 10.2. The number of nitrogens with two attached hydrogens (primary N) is 1. The van der Waals surface area contributed by atoms with E-state index in [0.717, 1.165) is 0 Å². The highest BCUT2D eigenvalue weighted by atomic mass is 32.2. The van der Waals surface area contributed by atoms with E-state index in [1.165, 1.54) is 11.9 Å². The lowest BCUT2D eigenvalue weighted by Gasteiger charge is -2.10. The van der Waals surface area contributed by atoms with E-state index in [9.17, 15) is 9.59 Å². The molecule has 0 saturated heterocycles. The molecule has 1 aliphatic heterocycles. The van der Waals surface area contributed by atoms with Crippen LogP contribution in [-0.4, -0.2) is 26.2 Å². The molecular formula is C11H12N3O4S-. The number of hydrogen-bond donors (Lipinski definition) is 1. The van der Waals surface area contributed by atoms with Crippen LogP contribution in [0.25, 0.3) is 0 Å². The van der Waals surface area contributed by atoms with Crippen LogP contribution in [0.5, 0.6) is 0 Å². The highest BCUT2D eigenvalue weighted by Crippen LogP contribution is 2.19. The summed E-state index contributed by atoms with van der Waals surface area (Å²) in [6.45, 7) is 1.42. The number of Topliss-reactive ketones (excluding diaryl/α,β-unsaturated/α-hetero) is 1. The summed E-state index contributed by atoms with van der Waals surface area (Å²) in [4.78, 5) is 22.6. The summed E-state index contributed by atoms with van der Waals surface area (Å²) in [5.74, 6) is -0.312. The van der Waals surface area contributed by atoms with Gasteiger partial charge in [-0.05, 0) is 12.1 Å². The molecule has 0 bridgehead atoms. The van der Waals surface area contributed by atoms with Gasteiger partial charge in [0.15, 0.2) is 5.78 Å². The van der Waals surface area contributed by atoms with Crippen LogP contribution in [-0.2, 0) is 20.9 Å². The highest BCUT2D eigenvalue weighted by molar-refractivity contribution is 7.76. The van der Waals surface area contributed by atoms with Gasteiger partial charge in [0.1, 0.15) is 5.71 Å². The van der Waals surface area contributed by atoms with Gasteiger partial charge < -0.3 is 4.55 Å². The van der Waals surface area contributed by atoms with Crippen LogP contribution < -0.4 is 10.1 Å². The molecule has 0 fully saturated rings. The molecule has 1 aromatic carbocycles. The lowest BCUT2D eigenvalue weighted by Crippen LogP contribution is -2.19. The van der Waals surface area contributed by atoms with Crippen LogP contribution in [0.4, 0.5) is 5.69 Å². The van der Waals surface area contributed by atoms with E-state index in [1.54, 1.807) is 12.1 Å². The molecule has 0 spiro atoms. The van der Waals surface area contributed by atoms with Gasteiger partial charge in [-0.3, -0.25) is 18.9 Å². The van der Waals surface area contributed by atoms with Crippen molar-refractivity contribution in [1.29, 1.82) is 0 Å². The molecule has 1 aliphatic rings. The van der Waals surface area contributed by atoms with Gasteiger partial charge in [-0.15, -0.1) is 0 Å². The Balaban J connectivity index is 0.000000399. The first-order chi connectivity index (χ1) is 8.91. The first-order valence-corrected chi connectivity index (χ1v) is 6.35. The summed E-state index contributed by atoms with van der Waals surface area (Å²) < 4.78 is 17.6. The number of para-hydroxylation sites is 1. The molecule has 0 aromatic heterocycles. The Morgan fingerprint density at radius 2 is 1.95 bits per heavy atom. The zero-order chi connectivity index (χ0) is 14.4. The van der Waals surface area contributed by atoms with E-state index in [1.807, 2.05) is 18.2 Å². The Kier molecular flexibility index (Phi) is 5.49. The fourth-order valence-corrected chi connectivity index (χ4v) is 1.40. The molecule has 1 heterocycles. The summed E-state index contributed by atoms with van der Waals surface area (Å²) in [7, 11) is 0. The zero-order valence-electron chi connectivity index (χ0n) is 10.1. The van der Waals surface area contributed by atoms with Gasteiger partial charge in [0, 0.05) is 18.2 Å². The molecular weight excluding hydrogens is 270 g/mol. The van der Waals surface area contributed by atoms with Crippen LogP contribution in [0.2, 0.25) is 0 Å². The molecule has 0 aliphatic carbocycles. The van der Waals surface area contributed by atoms with Crippen molar-refractivity contribution in [1.82, 2.24) is 0 Å². The topological polar surface area (TPSA) is 116 Å². The minimum Gasteiger partial charge on any atom is -0.760 e. The molecule has 102 valence electrons. The first-order valence-electron chi connectivity index (χ1n) is 5.22. The Bertz CT molecular complexity index is 526. The molecule has 1 aromatic rings. The van der Waals surface area contributed by atoms with Gasteiger partial charge in [-0.1, -0.05) is 18.2 Å². The van der Waals surface area contributed by atoms with Gasteiger partial charge >= 0.3 is 0 Å². The normalized spacial score (nSPS) is 15.4. The quantitative estimate of drug-likeness (QED) is 0.774. The van der Waals surface area contributed by atoms with E-state index >= 15 is 0 Å². The molecule has 7 nitrogen and oxygen atoms in total. The van der Waals surface area contributed by atoms with E-state index in [-0.39, 0.29) is 18.1 Å². The number of anilines is 1. The molecule has 1 amide bonds. The molecule has 1 unspecified atom stereocenters. The summed E-state index contributed by atoms with van der Waals surface area (Å²) in [5.41, 5.74) is 1.02. The second-order valence-corrected chi connectivity index (χ2v) is 4.10. The number of nitrogens with zero attached hydrogens (tertiary/aromatic N) is 2. The fraction of sp³-hybridized carbons (Fsp3) is 0.182. The molecule has 2 N–H and O–H groups in total. The summed E-state index contributed by atoms with van der Waals surface area (Å²) in [5, 5.41) is 9.29. The Labute approximate surface area is 112 Å². The average molecular weight is 282 g/mol. The lowest BCUT2D eigenvalue weighted by molar-refractivity contribution is -0.117. The van der Waals surface area contributed by atoms with Gasteiger partial charge in [-0.25, -0.2) is 5.01 Å². The molecule has 0 saturated carbocycles. The van der Waals surface area contributed by atoms with E-state index < -0.39 is 11.3 Å². The van der Waals surface area contributed by atoms with Gasteiger partial charge in [0.2, 0.25) is 0 Å². The van der Waals surface area contributed by atoms with Crippen LogP contribution in [0.1, 0.15) is 13.3 Å². The number of benzene rings is 1. The molecule has 0 radical (unpaired) electrons. The van der Waals surface area contributed by atoms with E-state index in [0.29, 0.717) is 11.4 Å². The number of hydrogen-bond acceptors (Lipinski definition) is 5. The van der Waals surface area contributed by atoms with E-state index in [4.69, 9.17) is 8.76 Å². The number of ketones is 1. The number of carbonyl (C=O) groups is 2. The first kappa shape index (κ1) is 15.2. The molecule has 8 heteroatoms. The second-order valence-electron chi connectivity index (χ2n) is 3.58. The van der Waals surface area contributed by atoms with Crippen LogP contribution in [0.3, 0.4) is 0 Å². The van der Waals surface area contributed by atoms with Crippen LogP contribution >= 0.6 is 0 Å². The van der Waals surface area contributed by atoms with Crippen molar-refractivity contribution in [2.24, 2.45) is 10.2 Å². The zero-order valence-corrected chi connectivity index (χ0v) is 10.9. The molecule has 1 atom stereocenters. The minimum absolute atomic E-state index is 0.101. The minimum atomic E-state index is -2.36. The fourth-order valence-electron chi connectivity index (χ4n) is 1.40. The third kappa shape index (κ3) is 4.70. The number of rotatable bonds is 2. The van der Waals surface area contributed by atoms with Crippen molar-refractivity contribution < 1.29 is 18.4 Å². The van der Waals surface area contributed by atoms with Gasteiger partial charge in [0.05, 0.1) is 12.1 Å². The SMILES string of the molecule is CC(=O)C1=NN(c2ccccc2)C(=O)C1.NS(=O)[O-]. The van der Waals surface area contributed by atoms with Crippen LogP contribution in [0, 0.1) is 0 Å². The van der Waals surface area contributed by atoms with Crippen molar-refractivity contribution in [3.8, 4) is 0 Å². The van der Waals surface area contributed by atoms with Crippen LogP contribution in [0.15, 0.2) is 35.4 Å². The number of carbonyl (C=O) groups excluding carboxylic acids is 2. The maximum Gasteiger partial charge on any atom is 0.253 e. The van der Waals surface area contributed by atoms with Crippen molar-refractivity contribution >= 4 is 34.4 Å². The Hall–Kier alpha value is -1.90. The van der Waals surface area contributed by atoms with Crippen molar-refractivity contribution in [2.45, 2.75) is 13.3 Å². The predicted octanol–water partition coefficient (Wildman–Crippen LogP) is 0.108. The average Bonchev–Trinajstić information content (AvgIpc) is 2.72. The van der Waals surface area contributed by atoms with E-state index in [2.05, 4.69) is 10.2 Å². The van der Waals surface area contributed by atoms with Crippen molar-refractivity contribution in [2.75, 3.05) is 5.01 Å². The summed E-state index contributed by atoms with van der Waals surface area (Å²) >= 11 is -2.36. The maximum absolute atomic E-state index is 11.5. The van der Waals surface area contributed by atoms with Gasteiger partial charge in [0.25, 0.3) is 5.91 Å². The molecule has 2 rings (SSSR count). The van der Waals surface area contributed by atoms with Gasteiger partial charge in [-0.2, -0.15) is 5.10 Å². The standard InChI is InChI=1S/C11H10N2O2.H3NO2S/c1-8(14)10-7-11(15)13(12-10)9-5-3-2-4-6-9;1-4(2)3/h2-6H,7H2,1H3;1H2,(H,2,3)/p-1.